The highest BCUT2D eigenvalue weighted by atomic mass is 19.1. The van der Waals surface area contributed by atoms with E-state index in [1.807, 2.05) is 31.2 Å². The lowest BCUT2D eigenvalue weighted by Crippen LogP contribution is -2.21. The Hall–Kier alpha value is -1.87. The molecule has 1 N–H and O–H groups in total. The third kappa shape index (κ3) is 5.20. The van der Waals surface area contributed by atoms with Gasteiger partial charge < -0.3 is 10.1 Å². The fourth-order valence-electron chi connectivity index (χ4n) is 2.10. The van der Waals surface area contributed by atoms with Crippen molar-refractivity contribution in [1.29, 1.82) is 0 Å². The Morgan fingerprint density at radius 2 is 1.90 bits per heavy atom. The first kappa shape index (κ1) is 15.5. The molecule has 2 nitrogen and oxygen atoms in total. The van der Waals surface area contributed by atoms with Crippen molar-refractivity contribution in [2.24, 2.45) is 0 Å². The Morgan fingerprint density at radius 1 is 1.10 bits per heavy atom. The minimum absolute atomic E-state index is 0.266. The Bertz CT molecular complexity index is 596. The van der Waals surface area contributed by atoms with Gasteiger partial charge in [-0.2, -0.15) is 0 Å². The summed E-state index contributed by atoms with van der Waals surface area (Å²) in [5.74, 6) is 0.300. The lowest BCUT2D eigenvalue weighted by atomic mass is 10.1. The summed E-state index contributed by atoms with van der Waals surface area (Å²) in [6.45, 7) is 7.25. The quantitative estimate of drug-likeness (QED) is 0.859. The average molecular weight is 287 g/mol. The minimum Gasteiger partial charge on any atom is -0.489 e. The monoisotopic (exact) mass is 287 g/mol. The summed E-state index contributed by atoms with van der Waals surface area (Å²) in [5.41, 5.74) is 3.17. The third-order valence-electron chi connectivity index (χ3n) is 3.13. The second-order valence-corrected chi connectivity index (χ2v) is 5.61. The fraction of sp³-hybridized carbons (Fsp3) is 0.333. The molecule has 0 heterocycles. The van der Waals surface area contributed by atoms with Gasteiger partial charge in [0.25, 0.3) is 0 Å². The van der Waals surface area contributed by atoms with E-state index in [9.17, 15) is 4.39 Å². The van der Waals surface area contributed by atoms with Crippen LogP contribution in [0.2, 0.25) is 0 Å². The normalized spacial score (nSPS) is 10.9. The summed E-state index contributed by atoms with van der Waals surface area (Å²) in [5, 5.41) is 3.28. The molecule has 0 radical (unpaired) electrons. The van der Waals surface area contributed by atoms with Crippen LogP contribution in [0.5, 0.6) is 5.75 Å². The topological polar surface area (TPSA) is 21.3 Å². The zero-order valence-electron chi connectivity index (χ0n) is 12.8. The van der Waals surface area contributed by atoms with Gasteiger partial charge in [0.05, 0.1) is 0 Å². The van der Waals surface area contributed by atoms with Crippen molar-refractivity contribution >= 4 is 0 Å². The molecule has 0 bridgehead atoms. The molecule has 2 aromatic rings. The van der Waals surface area contributed by atoms with Crippen LogP contribution in [0.1, 0.15) is 30.5 Å². The van der Waals surface area contributed by atoms with E-state index < -0.39 is 0 Å². The van der Waals surface area contributed by atoms with Crippen LogP contribution in [0.25, 0.3) is 0 Å². The Kier molecular flexibility index (Phi) is 5.34. The zero-order chi connectivity index (χ0) is 15.2. The van der Waals surface area contributed by atoms with Crippen LogP contribution in [-0.4, -0.2) is 6.04 Å². The van der Waals surface area contributed by atoms with Crippen molar-refractivity contribution in [1.82, 2.24) is 5.32 Å². The molecule has 0 aromatic heterocycles. The number of ether oxygens (including phenoxy) is 1. The summed E-state index contributed by atoms with van der Waals surface area (Å²) in [4.78, 5) is 0. The van der Waals surface area contributed by atoms with Crippen LogP contribution in [0.4, 0.5) is 4.39 Å². The van der Waals surface area contributed by atoms with Crippen molar-refractivity contribution in [3.63, 3.8) is 0 Å². The molecule has 0 amide bonds. The second-order valence-electron chi connectivity index (χ2n) is 5.61. The molecule has 0 unspecified atom stereocenters. The number of aryl methyl sites for hydroxylation is 1. The Balaban J connectivity index is 2.02. The van der Waals surface area contributed by atoms with E-state index in [2.05, 4.69) is 25.2 Å². The molecule has 0 aliphatic carbocycles. The summed E-state index contributed by atoms with van der Waals surface area (Å²) in [6, 6.07) is 13.3. The maximum absolute atomic E-state index is 13.6. The van der Waals surface area contributed by atoms with Crippen LogP contribution in [0, 0.1) is 12.7 Å². The SMILES string of the molecule is Cc1cccc(COc2cc(F)cc(CNC(C)C)c2)c1. The number of nitrogens with one attached hydrogen (secondary N) is 1. The summed E-state index contributed by atoms with van der Waals surface area (Å²) in [6.07, 6.45) is 0. The van der Waals surface area contributed by atoms with Gasteiger partial charge in [0.15, 0.2) is 0 Å². The van der Waals surface area contributed by atoms with E-state index in [0.29, 0.717) is 24.9 Å². The predicted molar refractivity (Wildman–Crippen MR) is 83.9 cm³/mol. The van der Waals surface area contributed by atoms with E-state index >= 15 is 0 Å². The lowest BCUT2D eigenvalue weighted by molar-refractivity contribution is 0.304. The molecular weight excluding hydrogens is 265 g/mol. The van der Waals surface area contributed by atoms with Crippen LogP contribution in [-0.2, 0) is 13.2 Å². The molecule has 3 heteroatoms. The maximum atomic E-state index is 13.6. The van der Waals surface area contributed by atoms with Crippen molar-refractivity contribution < 1.29 is 9.13 Å². The lowest BCUT2D eigenvalue weighted by Gasteiger charge is -2.11. The van der Waals surface area contributed by atoms with Gasteiger partial charge in [-0.1, -0.05) is 43.7 Å². The van der Waals surface area contributed by atoms with Gasteiger partial charge >= 0.3 is 0 Å². The van der Waals surface area contributed by atoms with Crippen molar-refractivity contribution in [3.05, 3.63) is 65.0 Å². The van der Waals surface area contributed by atoms with Gasteiger partial charge in [-0.15, -0.1) is 0 Å². The van der Waals surface area contributed by atoms with Crippen LogP contribution in [0.3, 0.4) is 0 Å². The molecule has 0 fully saturated rings. The molecule has 0 aliphatic heterocycles. The predicted octanol–water partition coefficient (Wildman–Crippen LogP) is 4.21. The van der Waals surface area contributed by atoms with Crippen molar-refractivity contribution in [3.8, 4) is 5.75 Å². The van der Waals surface area contributed by atoms with E-state index in [0.717, 1.165) is 11.1 Å². The maximum Gasteiger partial charge on any atom is 0.127 e. The van der Waals surface area contributed by atoms with E-state index in [1.165, 1.54) is 17.7 Å². The summed E-state index contributed by atoms with van der Waals surface area (Å²) in [7, 11) is 0. The Labute approximate surface area is 126 Å². The number of benzene rings is 2. The summed E-state index contributed by atoms with van der Waals surface area (Å²) >= 11 is 0. The molecule has 0 saturated heterocycles. The van der Waals surface area contributed by atoms with Crippen LogP contribution < -0.4 is 10.1 Å². The Morgan fingerprint density at radius 3 is 2.62 bits per heavy atom. The largest absolute Gasteiger partial charge is 0.489 e. The standard InChI is InChI=1S/C18H22FNO/c1-13(2)20-11-16-8-17(19)10-18(9-16)21-12-15-6-4-5-14(3)7-15/h4-10,13,20H,11-12H2,1-3H3. The van der Waals surface area contributed by atoms with Crippen molar-refractivity contribution in [2.75, 3.05) is 0 Å². The molecular formula is C18H22FNO. The number of hydrogen-bond acceptors (Lipinski definition) is 2. The van der Waals surface area contributed by atoms with Gasteiger partial charge in [-0.05, 0) is 30.2 Å². The van der Waals surface area contributed by atoms with E-state index in [4.69, 9.17) is 4.74 Å². The highest BCUT2D eigenvalue weighted by molar-refractivity contribution is 5.30. The second kappa shape index (κ2) is 7.23. The van der Waals surface area contributed by atoms with Crippen LogP contribution >= 0.6 is 0 Å². The smallest absolute Gasteiger partial charge is 0.127 e. The van der Waals surface area contributed by atoms with Gasteiger partial charge in [0.2, 0.25) is 0 Å². The molecule has 112 valence electrons. The molecule has 0 atom stereocenters. The fourth-order valence-corrected chi connectivity index (χ4v) is 2.10. The highest BCUT2D eigenvalue weighted by Crippen LogP contribution is 2.18. The number of halogens is 1. The van der Waals surface area contributed by atoms with Gasteiger partial charge in [0, 0.05) is 18.7 Å². The third-order valence-corrected chi connectivity index (χ3v) is 3.13. The number of hydrogen-bond donors (Lipinski definition) is 1. The minimum atomic E-state index is -0.266. The van der Waals surface area contributed by atoms with Crippen LogP contribution in [0.15, 0.2) is 42.5 Å². The zero-order valence-corrected chi connectivity index (χ0v) is 12.8. The van der Waals surface area contributed by atoms with Gasteiger partial charge in [0.1, 0.15) is 18.2 Å². The highest BCUT2D eigenvalue weighted by Gasteiger charge is 2.04. The molecule has 0 saturated carbocycles. The molecule has 21 heavy (non-hydrogen) atoms. The van der Waals surface area contributed by atoms with Gasteiger partial charge in [-0.25, -0.2) is 4.39 Å². The molecule has 2 rings (SSSR count). The van der Waals surface area contributed by atoms with Gasteiger partial charge in [-0.3, -0.25) is 0 Å². The summed E-state index contributed by atoms with van der Waals surface area (Å²) < 4.78 is 19.3. The molecule has 0 aliphatic rings. The average Bonchev–Trinajstić information content (AvgIpc) is 2.43. The number of rotatable bonds is 6. The van der Waals surface area contributed by atoms with E-state index in [-0.39, 0.29) is 5.82 Å². The van der Waals surface area contributed by atoms with Crippen molar-refractivity contribution in [2.45, 2.75) is 40.0 Å². The first-order valence-electron chi connectivity index (χ1n) is 7.24. The molecule has 2 aromatic carbocycles. The first-order chi connectivity index (χ1) is 10.0. The molecule has 0 spiro atoms. The van der Waals surface area contributed by atoms with E-state index in [1.54, 1.807) is 0 Å². The first-order valence-corrected chi connectivity index (χ1v) is 7.24.